The summed E-state index contributed by atoms with van der Waals surface area (Å²) < 4.78 is 5.84. The Balaban J connectivity index is 0.00000261. The molecule has 0 fully saturated rings. The van der Waals surface area contributed by atoms with Crippen LogP contribution in [0.15, 0.2) is 36.4 Å². The Labute approximate surface area is 165 Å². The van der Waals surface area contributed by atoms with Crippen molar-refractivity contribution in [3.8, 4) is 0 Å². The van der Waals surface area contributed by atoms with Gasteiger partial charge in [0.25, 0.3) is 5.91 Å². The van der Waals surface area contributed by atoms with Crippen molar-refractivity contribution < 1.29 is 14.6 Å². The predicted molar refractivity (Wildman–Crippen MR) is 107 cm³/mol. The van der Waals surface area contributed by atoms with Crippen molar-refractivity contribution in [2.24, 2.45) is 0 Å². The summed E-state index contributed by atoms with van der Waals surface area (Å²) in [6, 6.07) is 11.6. The molecule has 0 saturated carbocycles. The average Bonchev–Trinajstić information content (AvgIpc) is 2.63. The fraction of sp³-hybridized carbons (Fsp3) is 0.400. The fourth-order valence-corrected chi connectivity index (χ4v) is 2.95. The lowest BCUT2D eigenvalue weighted by Crippen LogP contribution is -2.33. The molecule has 3 rings (SSSR count). The number of ether oxygens (including phenoxy) is 1. The Bertz CT molecular complexity index is 782. The molecule has 0 bridgehead atoms. The highest BCUT2D eigenvalue weighted by molar-refractivity contribution is 5.99. The van der Waals surface area contributed by atoms with Crippen LogP contribution in [0.1, 0.15) is 41.0 Å². The van der Waals surface area contributed by atoms with E-state index in [-0.39, 0.29) is 30.5 Å². The van der Waals surface area contributed by atoms with Crippen LogP contribution < -0.4 is 10.6 Å². The molecular formula is C20H26ClN3O3. The van der Waals surface area contributed by atoms with Crippen LogP contribution in [-0.4, -0.2) is 34.8 Å². The van der Waals surface area contributed by atoms with Gasteiger partial charge in [0.2, 0.25) is 0 Å². The number of pyridine rings is 1. The molecule has 2 aromatic rings. The zero-order chi connectivity index (χ0) is 18.6. The molecular weight excluding hydrogens is 366 g/mol. The van der Waals surface area contributed by atoms with Crippen LogP contribution >= 0.6 is 12.4 Å². The third-order valence-electron chi connectivity index (χ3n) is 4.35. The monoisotopic (exact) mass is 391 g/mol. The Morgan fingerprint density at radius 1 is 1.30 bits per heavy atom. The van der Waals surface area contributed by atoms with Crippen molar-refractivity contribution in [1.29, 1.82) is 0 Å². The Kier molecular flexibility index (Phi) is 7.18. The van der Waals surface area contributed by atoms with Gasteiger partial charge in [0, 0.05) is 25.1 Å². The molecule has 1 aliphatic rings. The first-order valence-electron chi connectivity index (χ1n) is 8.82. The number of aliphatic hydroxyl groups excluding tert-OH is 1. The molecule has 1 aromatic heterocycles. The summed E-state index contributed by atoms with van der Waals surface area (Å²) in [6.45, 7) is 5.25. The number of aliphatic hydroxyl groups is 1. The molecule has 1 aromatic carbocycles. The first kappa shape index (κ1) is 21.2. The number of aromatic nitrogens is 1. The number of carbonyl (C=O) groups is 1. The van der Waals surface area contributed by atoms with Crippen LogP contribution in [0.25, 0.3) is 0 Å². The van der Waals surface area contributed by atoms with Gasteiger partial charge in [0.05, 0.1) is 30.1 Å². The first-order chi connectivity index (χ1) is 12.5. The molecule has 0 aliphatic carbocycles. The Morgan fingerprint density at radius 3 is 2.74 bits per heavy atom. The van der Waals surface area contributed by atoms with Crippen LogP contribution in [0.5, 0.6) is 0 Å². The van der Waals surface area contributed by atoms with Gasteiger partial charge in [-0.15, -0.1) is 12.4 Å². The number of anilines is 1. The predicted octanol–water partition coefficient (Wildman–Crippen LogP) is 2.69. The fourth-order valence-electron chi connectivity index (χ4n) is 2.95. The molecule has 0 saturated heterocycles. The Hall–Kier alpha value is -2.15. The number of nitrogens with zero attached hydrogens (tertiary/aromatic N) is 1. The van der Waals surface area contributed by atoms with E-state index in [1.807, 2.05) is 50.2 Å². The quantitative estimate of drug-likeness (QED) is 0.705. The second-order valence-electron chi connectivity index (χ2n) is 7.03. The number of fused-ring (bicyclic) bond motifs is 1. The SMILES string of the molecule is CC1(C)Cc2nc(NCCO)c(C(=O)NCc3ccccc3)cc2CO1.Cl. The van der Waals surface area contributed by atoms with Crippen LogP contribution in [0.3, 0.4) is 0 Å². The van der Waals surface area contributed by atoms with E-state index in [1.54, 1.807) is 0 Å². The molecule has 0 radical (unpaired) electrons. The minimum Gasteiger partial charge on any atom is -0.395 e. The third kappa shape index (κ3) is 5.42. The standard InChI is InChI=1S/C20H25N3O3.ClH/c1-20(2)11-17-15(13-26-20)10-16(18(23-17)21-8-9-24)19(25)22-12-14-6-4-3-5-7-14;/h3-7,10,24H,8-9,11-13H2,1-2H3,(H,21,23)(H,22,25);1H. The number of carbonyl (C=O) groups excluding carboxylic acids is 1. The lowest BCUT2D eigenvalue weighted by molar-refractivity contribution is -0.0412. The van der Waals surface area contributed by atoms with Gasteiger partial charge >= 0.3 is 0 Å². The van der Waals surface area contributed by atoms with Gasteiger partial charge in [-0.3, -0.25) is 4.79 Å². The summed E-state index contributed by atoms with van der Waals surface area (Å²) in [5, 5.41) is 15.1. The van der Waals surface area contributed by atoms with Crippen molar-refractivity contribution >= 4 is 24.1 Å². The van der Waals surface area contributed by atoms with Gasteiger partial charge in [-0.2, -0.15) is 0 Å². The van der Waals surface area contributed by atoms with Crippen molar-refractivity contribution in [3.63, 3.8) is 0 Å². The van der Waals surface area contributed by atoms with E-state index in [4.69, 9.17) is 9.84 Å². The first-order valence-corrected chi connectivity index (χ1v) is 8.82. The molecule has 1 amide bonds. The maximum absolute atomic E-state index is 12.7. The van der Waals surface area contributed by atoms with E-state index >= 15 is 0 Å². The van der Waals surface area contributed by atoms with E-state index in [2.05, 4.69) is 15.6 Å². The highest BCUT2D eigenvalue weighted by Gasteiger charge is 2.29. The number of benzene rings is 1. The number of hydrogen-bond donors (Lipinski definition) is 3. The number of hydrogen-bond acceptors (Lipinski definition) is 5. The summed E-state index contributed by atoms with van der Waals surface area (Å²) in [7, 11) is 0. The van der Waals surface area contributed by atoms with Crippen molar-refractivity contribution in [1.82, 2.24) is 10.3 Å². The molecule has 1 aliphatic heterocycles. The minimum absolute atomic E-state index is 0. The van der Waals surface area contributed by atoms with Crippen molar-refractivity contribution in [3.05, 3.63) is 58.8 Å². The number of nitrogens with one attached hydrogen (secondary N) is 2. The largest absolute Gasteiger partial charge is 0.395 e. The van der Waals surface area contributed by atoms with Crippen LogP contribution in [0.2, 0.25) is 0 Å². The van der Waals surface area contributed by atoms with Gasteiger partial charge in [-0.25, -0.2) is 4.98 Å². The molecule has 0 spiro atoms. The van der Waals surface area contributed by atoms with E-state index in [0.29, 0.717) is 37.5 Å². The number of amides is 1. The summed E-state index contributed by atoms with van der Waals surface area (Å²) >= 11 is 0. The maximum Gasteiger partial charge on any atom is 0.255 e. The Morgan fingerprint density at radius 2 is 2.04 bits per heavy atom. The van der Waals surface area contributed by atoms with E-state index in [9.17, 15) is 4.79 Å². The summed E-state index contributed by atoms with van der Waals surface area (Å²) in [5.41, 5.74) is 3.09. The highest BCUT2D eigenvalue weighted by Crippen LogP contribution is 2.29. The minimum atomic E-state index is -0.272. The van der Waals surface area contributed by atoms with Gasteiger partial charge in [0.1, 0.15) is 5.82 Å². The van der Waals surface area contributed by atoms with Gasteiger partial charge in [0.15, 0.2) is 0 Å². The molecule has 3 N–H and O–H groups in total. The normalized spacial score (nSPS) is 14.6. The number of halogens is 1. The molecule has 6 nitrogen and oxygen atoms in total. The third-order valence-corrected chi connectivity index (χ3v) is 4.35. The van der Waals surface area contributed by atoms with Crippen molar-refractivity contribution in [2.45, 2.75) is 39.0 Å². The van der Waals surface area contributed by atoms with E-state index in [0.717, 1.165) is 16.8 Å². The van der Waals surface area contributed by atoms with Gasteiger partial charge in [-0.1, -0.05) is 30.3 Å². The smallest absolute Gasteiger partial charge is 0.255 e. The molecule has 7 heteroatoms. The van der Waals surface area contributed by atoms with Gasteiger partial charge < -0.3 is 20.5 Å². The molecule has 27 heavy (non-hydrogen) atoms. The van der Waals surface area contributed by atoms with Crippen LogP contribution in [0.4, 0.5) is 5.82 Å². The van der Waals surface area contributed by atoms with Crippen molar-refractivity contribution in [2.75, 3.05) is 18.5 Å². The summed E-state index contributed by atoms with van der Waals surface area (Å²) in [5.74, 6) is 0.301. The molecule has 2 heterocycles. The number of rotatable bonds is 6. The lowest BCUT2D eigenvalue weighted by atomic mass is 9.95. The van der Waals surface area contributed by atoms with Gasteiger partial charge in [-0.05, 0) is 25.5 Å². The lowest BCUT2D eigenvalue weighted by Gasteiger charge is -2.31. The summed E-state index contributed by atoms with van der Waals surface area (Å²) in [4.78, 5) is 17.4. The van der Waals surface area contributed by atoms with Crippen LogP contribution in [-0.2, 0) is 24.3 Å². The van der Waals surface area contributed by atoms with Crippen LogP contribution in [0, 0.1) is 0 Å². The second kappa shape index (κ2) is 9.17. The average molecular weight is 392 g/mol. The maximum atomic E-state index is 12.7. The summed E-state index contributed by atoms with van der Waals surface area (Å²) in [6.07, 6.45) is 0.683. The van der Waals surface area contributed by atoms with E-state index in [1.165, 1.54) is 0 Å². The zero-order valence-corrected chi connectivity index (χ0v) is 16.4. The molecule has 0 unspecified atom stereocenters. The molecule has 0 atom stereocenters. The molecule has 146 valence electrons. The zero-order valence-electron chi connectivity index (χ0n) is 15.6. The van der Waals surface area contributed by atoms with E-state index < -0.39 is 0 Å². The highest BCUT2D eigenvalue weighted by atomic mass is 35.5. The topological polar surface area (TPSA) is 83.5 Å². The second-order valence-corrected chi connectivity index (χ2v) is 7.03.